The van der Waals surface area contributed by atoms with E-state index in [4.69, 9.17) is 0 Å². The maximum atomic E-state index is 11.4. The third-order valence-electron chi connectivity index (χ3n) is 2.78. The van der Waals surface area contributed by atoms with Gasteiger partial charge in [0.15, 0.2) is 9.84 Å². The van der Waals surface area contributed by atoms with Gasteiger partial charge in [0.2, 0.25) is 5.16 Å². The van der Waals surface area contributed by atoms with Crippen molar-refractivity contribution in [3.8, 4) is 0 Å². The van der Waals surface area contributed by atoms with E-state index in [0.29, 0.717) is 11.7 Å². The van der Waals surface area contributed by atoms with Gasteiger partial charge in [0.25, 0.3) is 0 Å². The molecule has 1 aromatic heterocycles. The number of aromatic nitrogens is 4. The van der Waals surface area contributed by atoms with Crippen molar-refractivity contribution in [3.63, 3.8) is 0 Å². The molecule has 0 aliphatic carbocycles. The highest BCUT2D eigenvalue weighted by molar-refractivity contribution is 8.01. The molecular weight excluding hydrogens is 290 g/mol. The Morgan fingerprint density at radius 2 is 2.32 bits per heavy atom. The first kappa shape index (κ1) is 14.7. The van der Waals surface area contributed by atoms with Gasteiger partial charge in [0.05, 0.1) is 29.4 Å². The van der Waals surface area contributed by atoms with Gasteiger partial charge in [0.1, 0.15) is 0 Å². The van der Waals surface area contributed by atoms with Gasteiger partial charge in [-0.1, -0.05) is 18.7 Å². The summed E-state index contributed by atoms with van der Waals surface area (Å²) in [7, 11) is -3.14. The second kappa shape index (κ2) is 6.16. The smallest absolute Gasteiger partial charge is 0.209 e. The predicted octanol–water partition coefficient (Wildman–Crippen LogP) is -1.47. The van der Waals surface area contributed by atoms with Crippen molar-refractivity contribution in [2.45, 2.75) is 30.0 Å². The van der Waals surface area contributed by atoms with Gasteiger partial charge in [-0.05, 0) is 17.0 Å². The fourth-order valence-corrected chi connectivity index (χ4v) is 5.31. The van der Waals surface area contributed by atoms with E-state index in [-0.39, 0.29) is 11.5 Å². The number of sulfone groups is 1. The lowest BCUT2D eigenvalue weighted by Crippen LogP contribution is -2.23. The minimum Gasteiger partial charge on any atom is -0.391 e. The molecule has 0 radical (unpaired) electrons. The van der Waals surface area contributed by atoms with E-state index in [1.807, 2.05) is 6.92 Å². The maximum Gasteiger partial charge on any atom is 0.209 e. The minimum atomic E-state index is -3.14. The van der Waals surface area contributed by atoms with Gasteiger partial charge in [-0.2, -0.15) is 0 Å². The Labute approximate surface area is 115 Å². The molecule has 19 heavy (non-hydrogen) atoms. The van der Waals surface area contributed by atoms with Gasteiger partial charge in [-0.3, -0.25) is 0 Å². The van der Waals surface area contributed by atoms with Crippen LogP contribution in [0.2, 0.25) is 0 Å². The van der Waals surface area contributed by atoms with Crippen molar-refractivity contribution in [3.05, 3.63) is 0 Å². The maximum absolute atomic E-state index is 11.4. The zero-order valence-electron chi connectivity index (χ0n) is 10.6. The summed E-state index contributed by atoms with van der Waals surface area (Å²) in [5.74, 6) is -0.206. The van der Waals surface area contributed by atoms with Crippen molar-refractivity contribution in [1.29, 1.82) is 0 Å². The van der Waals surface area contributed by atoms with Crippen LogP contribution in [0.3, 0.4) is 0 Å². The highest BCUT2D eigenvalue weighted by atomic mass is 32.2. The molecule has 10 heteroatoms. The van der Waals surface area contributed by atoms with Crippen LogP contribution in [0, 0.1) is 0 Å². The van der Waals surface area contributed by atoms with Crippen molar-refractivity contribution in [2.75, 3.05) is 24.6 Å². The quantitative estimate of drug-likeness (QED) is 0.613. The Kier molecular flexibility index (Phi) is 4.76. The van der Waals surface area contributed by atoms with Crippen LogP contribution in [-0.2, 0) is 16.4 Å². The largest absolute Gasteiger partial charge is 0.391 e. The lowest BCUT2D eigenvalue weighted by atomic mass is 10.3. The van der Waals surface area contributed by atoms with Crippen LogP contribution in [-0.4, -0.2) is 69.7 Å². The van der Waals surface area contributed by atoms with Gasteiger partial charge in [0, 0.05) is 6.54 Å². The first-order valence-corrected chi connectivity index (χ1v) is 8.74. The van der Waals surface area contributed by atoms with E-state index in [2.05, 4.69) is 20.8 Å². The monoisotopic (exact) mass is 307 g/mol. The molecule has 8 nitrogen and oxygen atoms in total. The van der Waals surface area contributed by atoms with E-state index in [9.17, 15) is 13.5 Å². The summed E-state index contributed by atoms with van der Waals surface area (Å²) >= 11 is 1.22. The zero-order valence-corrected chi connectivity index (χ0v) is 12.2. The summed E-state index contributed by atoms with van der Waals surface area (Å²) < 4.78 is 24.5. The number of rotatable bonds is 6. The Morgan fingerprint density at radius 3 is 2.95 bits per heavy atom. The lowest BCUT2D eigenvalue weighted by Gasteiger charge is -2.11. The molecule has 1 aliphatic rings. The van der Waals surface area contributed by atoms with Crippen LogP contribution >= 0.6 is 11.8 Å². The Morgan fingerprint density at radius 1 is 1.53 bits per heavy atom. The second-order valence-corrected chi connectivity index (χ2v) is 7.70. The van der Waals surface area contributed by atoms with Crippen LogP contribution in [0.5, 0.6) is 0 Å². The molecule has 2 atom stereocenters. The standard InChI is InChI=1S/C9H17N5O3S2/c1-2-10-3-4-14-9(11-12-13-14)18-8-6-19(16,17)5-7(8)15/h7-8,10,15H,2-6H2,1H3. The number of aliphatic hydroxyl groups excluding tert-OH is 1. The molecule has 0 spiro atoms. The predicted molar refractivity (Wildman–Crippen MR) is 70.7 cm³/mol. The van der Waals surface area contributed by atoms with Crippen molar-refractivity contribution in [1.82, 2.24) is 25.5 Å². The highest BCUT2D eigenvalue weighted by Gasteiger charge is 2.38. The molecule has 0 aromatic carbocycles. The van der Waals surface area contributed by atoms with Crippen LogP contribution in [0.15, 0.2) is 5.16 Å². The summed E-state index contributed by atoms with van der Waals surface area (Å²) in [6, 6.07) is 0. The Hall–Kier alpha value is -0.710. The third-order valence-corrected chi connectivity index (χ3v) is 5.99. The number of nitrogens with one attached hydrogen (secondary N) is 1. The number of tetrazole rings is 1. The summed E-state index contributed by atoms with van der Waals surface area (Å²) in [5, 5.41) is 24.4. The van der Waals surface area contributed by atoms with Crippen LogP contribution in [0.25, 0.3) is 0 Å². The van der Waals surface area contributed by atoms with Crippen molar-refractivity contribution >= 4 is 21.6 Å². The normalized spacial score (nSPS) is 25.8. The number of thioether (sulfide) groups is 1. The number of hydrogen-bond donors (Lipinski definition) is 2. The molecule has 1 saturated heterocycles. The average molecular weight is 307 g/mol. The molecule has 1 aliphatic heterocycles. The zero-order chi connectivity index (χ0) is 13.9. The van der Waals surface area contributed by atoms with Crippen LogP contribution in [0.4, 0.5) is 0 Å². The summed E-state index contributed by atoms with van der Waals surface area (Å²) in [6.45, 7) is 4.22. The Balaban J connectivity index is 1.98. The van der Waals surface area contributed by atoms with Crippen molar-refractivity contribution < 1.29 is 13.5 Å². The second-order valence-electron chi connectivity index (χ2n) is 4.34. The van der Waals surface area contributed by atoms with E-state index >= 15 is 0 Å². The first-order chi connectivity index (χ1) is 9.02. The number of hydrogen-bond acceptors (Lipinski definition) is 8. The topological polar surface area (TPSA) is 110 Å². The van der Waals surface area contributed by atoms with E-state index in [1.54, 1.807) is 4.68 Å². The first-order valence-electron chi connectivity index (χ1n) is 6.04. The average Bonchev–Trinajstić information content (AvgIpc) is 2.85. The number of aliphatic hydroxyl groups is 1. The van der Waals surface area contributed by atoms with Gasteiger partial charge in [-0.15, -0.1) is 5.10 Å². The molecule has 0 bridgehead atoms. The van der Waals surface area contributed by atoms with Crippen LogP contribution < -0.4 is 5.32 Å². The molecular formula is C9H17N5O3S2. The minimum absolute atomic E-state index is 0.0289. The molecule has 2 N–H and O–H groups in total. The molecule has 108 valence electrons. The van der Waals surface area contributed by atoms with Gasteiger partial charge >= 0.3 is 0 Å². The molecule has 1 aromatic rings. The molecule has 1 fully saturated rings. The number of nitrogens with zero attached hydrogens (tertiary/aromatic N) is 4. The highest BCUT2D eigenvalue weighted by Crippen LogP contribution is 2.29. The molecule has 0 amide bonds. The summed E-state index contributed by atoms with van der Waals surface area (Å²) in [5.41, 5.74) is 0. The van der Waals surface area contributed by atoms with Gasteiger partial charge < -0.3 is 10.4 Å². The fraction of sp³-hybridized carbons (Fsp3) is 0.889. The summed E-state index contributed by atoms with van der Waals surface area (Å²) in [6.07, 6.45) is -0.853. The van der Waals surface area contributed by atoms with Gasteiger partial charge in [-0.25, -0.2) is 13.1 Å². The Bertz CT molecular complexity index is 518. The molecule has 0 saturated carbocycles. The summed E-state index contributed by atoms with van der Waals surface area (Å²) in [4.78, 5) is 0. The van der Waals surface area contributed by atoms with Crippen LogP contribution in [0.1, 0.15) is 6.92 Å². The van der Waals surface area contributed by atoms with E-state index in [1.165, 1.54) is 11.8 Å². The molecule has 2 rings (SSSR count). The van der Waals surface area contributed by atoms with Crippen molar-refractivity contribution in [2.24, 2.45) is 0 Å². The third kappa shape index (κ3) is 3.88. The SMILES string of the molecule is CCNCCn1nnnc1SC1CS(=O)(=O)CC1O. The van der Waals surface area contributed by atoms with E-state index < -0.39 is 21.2 Å². The lowest BCUT2D eigenvalue weighted by molar-refractivity contribution is 0.207. The number of likely N-dealkylation sites (N-methyl/N-ethyl adjacent to an activating group) is 1. The fourth-order valence-electron chi connectivity index (χ4n) is 1.83. The molecule has 2 heterocycles. The molecule has 2 unspecified atom stereocenters. The van der Waals surface area contributed by atoms with E-state index in [0.717, 1.165) is 13.1 Å².